The van der Waals surface area contributed by atoms with Gasteiger partial charge in [0, 0.05) is 18.5 Å². The fourth-order valence-electron chi connectivity index (χ4n) is 1.61. The summed E-state index contributed by atoms with van der Waals surface area (Å²) in [5.74, 6) is 0.967. The minimum atomic E-state index is -0.280. The molecule has 2 rings (SSSR count). The zero-order valence-electron chi connectivity index (χ0n) is 10.1. The van der Waals surface area contributed by atoms with Crippen molar-refractivity contribution in [2.24, 2.45) is 0 Å². The van der Waals surface area contributed by atoms with Gasteiger partial charge in [-0.15, -0.1) is 0 Å². The van der Waals surface area contributed by atoms with E-state index in [0.29, 0.717) is 11.3 Å². The van der Waals surface area contributed by atoms with Gasteiger partial charge in [0.05, 0.1) is 0 Å². The Hall–Kier alpha value is -2.23. The molecule has 0 atom stereocenters. The van der Waals surface area contributed by atoms with E-state index < -0.39 is 0 Å². The van der Waals surface area contributed by atoms with E-state index in [0.717, 1.165) is 12.2 Å². The smallest absolute Gasteiger partial charge is 0.287 e. The van der Waals surface area contributed by atoms with Gasteiger partial charge in [0.25, 0.3) is 5.91 Å². The number of nitrogens with one attached hydrogen (secondary N) is 1. The lowest BCUT2D eigenvalue weighted by atomic mass is 10.2. The van der Waals surface area contributed by atoms with Crippen molar-refractivity contribution < 1.29 is 14.3 Å². The summed E-state index contributed by atoms with van der Waals surface area (Å²) < 4.78 is 5.34. The molecular formula is C14H15NO3. The van der Waals surface area contributed by atoms with Gasteiger partial charge < -0.3 is 14.8 Å². The number of hydrogen-bond acceptors (Lipinski definition) is 3. The lowest BCUT2D eigenvalue weighted by Crippen LogP contribution is -2.22. The van der Waals surface area contributed by atoms with Crippen LogP contribution in [0.3, 0.4) is 0 Å². The van der Waals surface area contributed by atoms with E-state index in [1.54, 1.807) is 30.3 Å². The second-order valence-electron chi connectivity index (χ2n) is 3.93. The zero-order chi connectivity index (χ0) is 13.0. The number of hydrogen-bond donors (Lipinski definition) is 2. The van der Waals surface area contributed by atoms with Crippen LogP contribution in [0.4, 0.5) is 0 Å². The van der Waals surface area contributed by atoms with Crippen molar-refractivity contribution in [2.45, 2.75) is 19.9 Å². The van der Waals surface area contributed by atoms with Crippen LogP contribution in [0.1, 0.15) is 28.8 Å². The molecule has 0 fully saturated rings. The number of amides is 1. The van der Waals surface area contributed by atoms with E-state index in [9.17, 15) is 9.90 Å². The number of carbonyl (C=O) groups excluding carboxylic acids is 1. The summed E-state index contributed by atoms with van der Waals surface area (Å²) >= 11 is 0. The maximum atomic E-state index is 11.8. The summed E-state index contributed by atoms with van der Waals surface area (Å²) in [5, 5.41) is 12.3. The molecule has 0 radical (unpaired) electrons. The average molecular weight is 245 g/mol. The topological polar surface area (TPSA) is 62.5 Å². The summed E-state index contributed by atoms with van der Waals surface area (Å²) in [6.07, 6.45) is 0.757. The maximum Gasteiger partial charge on any atom is 0.287 e. The van der Waals surface area contributed by atoms with Gasteiger partial charge >= 0.3 is 0 Å². The summed E-state index contributed by atoms with van der Waals surface area (Å²) in [4.78, 5) is 11.8. The van der Waals surface area contributed by atoms with Crippen molar-refractivity contribution in [3.05, 3.63) is 53.5 Å². The number of rotatable bonds is 4. The van der Waals surface area contributed by atoms with E-state index in [1.807, 2.05) is 13.0 Å². The number of carbonyl (C=O) groups is 1. The highest BCUT2D eigenvalue weighted by Gasteiger charge is 2.10. The number of phenols is 1. The highest BCUT2D eigenvalue weighted by molar-refractivity contribution is 5.91. The van der Waals surface area contributed by atoms with E-state index in [-0.39, 0.29) is 18.2 Å². The molecule has 2 N–H and O–H groups in total. The predicted octanol–water partition coefficient (Wildman–Crippen LogP) is 2.48. The number of phenolic OH excluding ortho intramolecular Hbond substituents is 1. The lowest BCUT2D eigenvalue weighted by Gasteiger charge is -2.05. The standard InChI is InChI=1S/C14H15NO3/c1-2-11-7-8-13(18-11)14(17)15-9-10-5-3-4-6-12(10)16/h3-8,16H,2,9H2,1H3,(H,15,17). The van der Waals surface area contributed by atoms with Gasteiger partial charge in [-0.05, 0) is 18.2 Å². The molecule has 4 heteroatoms. The third-order valence-corrected chi connectivity index (χ3v) is 2.66. The largest absolute Gasteiger partial charge is 0.508 e. The summed E-state index contributed by atoms with van der Waals surface area (Å²) in [6, 6.07) is 10.3. The highest BCUT2D eigenvalue weighted by Crippen LogP contribution is 2.15. The van der Waals surface area contributed by atoms with Gasteiger partial charge in [0.2, 0.25) is 0 Å². The molecule has 1 amide bonds. The van der Waals surface area contributed by atoms with Crippen molar-refractivity contribution in [1.29, 1.82) is 0 Å². The average Bonchev–Trinajstić information content (AvgIpc) is 2.86. The van der Waals surface area contributed by atoms with E-state index >= 15 is 0 Å². The van der Waals surface area contributed by atoms with E-state index in [1.165, 1.54) is 0 Å². The minimum absolute atomic E-state index is 0.173. The van der Waals surface area contributed by atoms with Crippen molar-refractivity contribution in [1.82, 2.24) is 5.32 Å². The predicted molar refractivity (Wildman–Crippen MR) is 67.4 cm³/mol. The number of aryl methyl sites for hydroxylation is 1. The molecule has 0 spiro atoms. The molecule has 0 aliphatic carbocycles. The SMILES string of the molecule is CCc1ccc(C(=O)NCc2ccccc2O)o1. The minimum Gasteiger partial charge on any atom is -0.508 e. The molecule has 0 saturated heterocycles. The van der Waals surface area contributed by atoms with Gasteiger partial charge in [-0.25, -0.2) is 0 Å². The van der Waals surface area contributed by atoms with Crippen molar-refractivity contribution >= 4 is 5.91 Å². The number of aromatic hydroxyl groups is 1. The van der Waals surface area contributed by atoms with Gasteiger partial charge in [-0.2, -0.15) is 0 Å². The molecule has 0 saturated carbocycles. The van der Waals surface area contributed by atoms with Gasteiger partial charge in [-0.1, -0.05) is 25.1 Å². The van der Waals surface area contributed by atoms with Crippen LogP contribution < -0.4 is 5.32 Å². The number of benzene rings is 1. The third-order valence-electron chi connectivity index (χ3n) is 2.66. The molecule has 0 bridgehead atoms. The second-order valence-corrected chi connectivity index (χ2v) is 3.93. The monoisotopic (exact) mass is 245 g/mol. The van der Waals surface area contributed by atoms with Crippen LogP contribution in [0.2, 0.25) is 0 Å². The van der Waals surface area contributed by atoms with Crippen LogP contribution in [-0.4, -0.2) is 11.0 Å². The lowest BCUT2D eigenvalue weighted by molar-refractivity contribution is 0.0921. The van der Waals surface area contributed by atoms with Gasteiger partial charge in [0.15, 0.2) is 5.76 Å². The van der Waals surface area contributed by atoms with E-state index in [4.69, 9.17) is 4.42 Å². The Bertz CT molecular complexity index is 545. The molecule has 1 aromatic heterocycles. The Morgan fingerprint density at radius 2 is 2.06 bits per heavy atom. The van der Waals surface area contributed by atoms with Crippen LogP contribution in [-0.2, 0) is 13.0 Å². The number of furan rings is 1. The first kappa shape index (κ1) is 12.2. The molecule has 1 heterocycles. The normalized spacial score (nSPS) is 10.3. The molecule has 4 nitrogen and oxygen atoms in total. The fourth-order valence-corrected chi connectivity index (χ4v) is 1.61. The molecule has 0 unspecified atom stereocenters. The van der Waals surface area contributed by atoms with Gasteiger partial charge in [-0.3, -0.25) is 4.79 Å². The van der Waals surface area contributed by atoms with Crippen molar-refractivity contribution in [3.63, 3.8) is 0 Å². The quantitative estimate of drug-likeness (QED) is 0.869. The first-order valence-electron chi connectivity index (χ1n) is 5.84. The number of para-hydroxylation sites is 1. The Morgan fingerprint density at radius 3 is 2.72 bits per heavy atom. The molecule has 1 aromatic carbocycles. The highest BCUT2D eigenvalue weighted by atomic mass is 16.3. The molecular weight excluding hydrogens is 230 g/mol. The van der Waals surface area contributed by atoms with E-state index in [2.05, 4.69) is 5.32 Å². The van der Waals surface area contributed by atoms with Crippen molar-refractivity contribution in [3.8, 4) is 5.75 Å². The zero-order valence-corrected chi connectivity index (χ0v) is 10.1. The first-order valence-corrected chi connectivity index (χ1v) is 5.84. The summed E-state index contributed by atoms with van der Waals surface area (Å²) in [6.45, 7) is 2.23. The Morgan fingerprint density at radius 1 is 1.28 bits per heavy atom. The molecule has 94 valence electrons. The van der Waals surface area contributed by atoms with Crippen LogP contribution in [0.15, 0.2) is 40.8 Å². The first-order chi connectivity index (χ1) is 8.70. The van der Waals surface area contributed by atoms with Crippen LogP contribution in [0, 0.1) is 0 Å². The fraction of sp³-hybridized carbons (Fsp3) is 0.214. The summed E-state index contributed by atoms with van der Waals surface area (Å²) in [5.41, 5.74) is 0.674. The van der Waals surface area contributed by atoms with Crippen LogP contribution in [0.25, 0.3) is 0 Å². The van der Waals surface area contributed by atoms with Crippen LogP contribution >= 0.6 is 0 Å². The third kappa shape index (κ3) is 2.71. The molecule has 0 aliphatic heterocycles. The Labute approximate surface area is 105 Å². The molecule has 0 aliphatic rings. The van der Waals surface area contributed by atoms with Crippen LogP contribution in [0.5, 0.6) is 5.75 Å². The van der Waals surface area contributed by atoms with Gasteiger partial charge in [0.1, 0.15) is 11.5 Å². The van der Waals surface area contributed by atoms with Crippen molar-refractivity contribution in [2.75, 3.05) is 0 Å². The molecule has 18 heavy (non-hydrogen) atoms. The second kappa shape index (κ2) is 5.40. The summed E-state index contributed by atoms with van der Waals surface area (Å²) in [7, 11) is 0. The Kier molecular flexibility index (Phi) is 3.67. The Balaban J connectivity index is 1.98. The maximum absolute atomic E-state index is 11.8. The molecule has 2 aromatic rings.